The fourth-order valence-corrected chi connectivity index (χ4v) is 4.94. The second kappa shape index (κ2) is 8.33. The highest BCUT2D eigenvalue weighted by molar-refractivity contribution is 7.99. The Bertz CT molecular complexity index is 815. The first-order valence-corrected chi connectivity index (χ1v) is 10.6. The van der Waals surface area contributed by atoms with E-state index in [0.29, 0.717) is 23.9 Å². The molecule has 1 aliphatic carbocycles. The first kappa shape index (κ1) is 18.4. The third-order valence-corrected chi connectivity index (χ3v) is 6.57. The summed E-state index contributed by atoms with van der Waals surface area (Å²) < 4.78 is 0. The topological polar surface area (TPSA) is 86.9 Å². The van der Waals surface area contributed by atoms with Gasteiger partial charge in [0.25, 0.3) is 5.56 Å². The molecule has 1 atom stereocenters. The minimum atomic E-state index is -0.0349. The van der Waals surface area contributed by atoms with Gasteiger partial charge in [0.15, 0.2) is 0 Å². The van der Waals surface area contributed by atoms with E-state index in [-0.39, 0.29) is 17.5 Å². The highest BCUT2D eigenvalue weighted by Gasteiger charge is 2.19. The Morgan fingerprint density at radius 2 is 2.20 bits per heavy atom. The maximum atomic E-state index is 12.5. The molecule has 0 spiro atoms. The largest absolute Gasteiger partial charge is 0.354 e. The van der Waals surface area contributed by atoms with Crippen molar-refractivity contribution in [3.8, 4) is 0 Å². The Morgan fingerprint density at radius 3 is 3.00 bits per heavy atom. The van der Waals surface area contributed by atoms with Crippen molar-refractivity contribution in [3.63, 3.8) is 0 Å². The number of aryl methyl sites for hydroxylation is 2. The number of aromatic amines is 1. The molecular weight excluding hydrogens is 356 g/mol. The molecule has 0 aliphatic heterocycles. The number of fused-ring (bicyclic) bond motifs is 3. The molecule has 2 aromatic heterocycles. The number of H-pyrrole nitrogens is 1. The summed E-state index contributed by atoms with van der Waals surface area (Å²) in [5, 5.41) is 6.74. The normalized spacial score (nSPS) is 15.1. The fraction of sp³-hybridized carbons (Fsp3) is 0.588. The van der Waals surface area contributed by atoms with Crippen LogP contribution < -0.4 is 16.2 Å². The van der Waals surface area contributed by atoms with Crippen molar-refractivity contribution in [1.82, 2.24) is 20.6 Å². The molecule has 25 heavy (non-hydrogen) atoms. The van der Waals surface area contributed by atoms with Gasteiger partial charge in [-0.1, -0.05) is 0 Å². The van der Waals surface area contributed by atoms with Crippen LogP contribution in [0.4, 0.5) is 0 Å². The lowest BCUT2D eigenvalue weighted by Crippen LogP contribution is -2.37. The van der Waals surface area contributed by atoms with Crippen molar-refractivity contribution in [3.05, 3.63) is 26.6 Å². The van der Waals surface area contributed by atoms with Crippen LogP contribution in [0.3, 0.4) is 0 Å². The molecule has 2 aromatic rings. The Morgan fingerprint density at radius 1 is 1.40 bits per heavy atom. The van der Waals surface area contributed by atoms with Crippen LogP contribution in [0, 0.1) is 0 Å². The van der Waals surface area contributed by atoms with E-state index in [4.69, 9.17) is 0 Å². The van der Waals surface area contributed by atoms with Gasteiger partial charge in [-0.2, -0.15) is 0 Å². The number of carbonyl (C=O) groups excluding carboxylic acids is 1. The van der Waals surface area contributed by atoms with Crippen LogP contribution in [-0.2, 0) is 23.4 Å². The van der Waals surface area contributed by atoms with E-state index in [2.05, 4.69) is 20.6 Å². The summed E-state index contributed by atoms with van der Waals surface area (Å²) in [5.41, 5.74) is 1.17. The van der Waals surface area contributed by atoms with Gasteiger partial charge in [-0.05, 0) is 45.2 Å². The van der Waals surface area contributed by atoms with Gasteiger partial charge in [-0.25, -0.2) is 4.98 Å². The van der Waals surface area contributed by atoms with Crippen molar-refractivity contribution >= 4 is 39.2 Å². The van der Waals surface area contributed by atoms with E-state index in [9.17, 15) is 9.59 Å². The predicted octanol–water partition coefficient (Wildman–Crippen LogP) is 1.82. The van der Waals surface area contributed by atoms with Crippen molar-refractivity contribution in [2.24, 2.45) is 0 Å². The van der Waals surface area contributed by atoms with Gasteiger partial charge < -0.3 is 15.6 Å². The SMILES string of the molecule is CNC(C)CNC(=O)CSCc1nc2sc3c(c2c(=O)[nH]1)CCCC3. The molecule has 3 N–H and O–H groups in total. The summed E-state index contributed by atoms with van der Waals surface area (Å²) >= 11 is 3.12. The van der Waals surface area contributed by atoms with Crippen LogP contribution in [0.2, 0.25) is 0 Å². The fourth-order valence-electron chi connectivity index (χ4n) is 2.94. The van der Waals surface area contributed by atoms with E-state index < -0.39 is 0 Å². The maximum absolute atomic E-state index is 12.5. The second-order valence-corrected chi connectivity index (χ2v) is 8.46. The number of thiophene rings is 1. The van der Waals surface area contributed by atoms with Gasteiger partial charge >= 0.3 is 0 Å². The lowest BCUT2D eigenvalue weighted by Gasteiger charge is -2.11. The number of nitrogens with zero attached hydrogens (tertiary/aromatic N) is 1. The quantitative estimate of drug-likeness (QED) is 0.682. The molecule has 2 heterocycles. The summed E-state index contributed by atoms with van der Waals surface area (Å²) in [4.78, 5) is 34.0. The minimum absolute atomic E-state index is 0.00196. The smallest absolute Gasteiger partial charge is 0.259 e. The lowest BCUT2D eigenvalue weighted by atomic mass is 9.97. The van der Waals surface area contributed by atoms with Crippen LogP contribution in [0.15, 0.2) is 4.79 Å². The average Bonchev–Trinajstić information content (AvgIpc) is 2.98. The average molecular weight is 381 g/mol. The minimum Gasteiger partial charge on any atom is -0.354 e. The molecule has 1 amide bonds. The summed E-state index contributed by atoms with van der Waals surface area (Å²) in [5.74, 6) is 1.54. The number of rotatable bonds is 7. The molecule has 0 saturated heterocycles. The number of hydrogen-bond acceptors (Lipinski definition) is 6. The number of amides is 1. The molecule has 0 saturated carbocycles. The van der Waals surface area contributed by atoms with E-state index in [0.717, 1.165) is 29.5 Å². The molecule has 0 fully saturated rings. The summed E-state index contributed by atoms with van der Waals surface area (Å²) in [6.45, 7) is 2.62. The Balaban J connectivity index is 1.61. The number of likely N-dealkylation sites (N-methyl/N-ethyl adjacent to an activating group) is 1. The van der Waals surface area contributed by atoms with Crippen LogP contribution in [0.1, 0.15) is 36.0 Å². The molecule has 136 valence electrons. The Hall–Kier alpha value is -1.38. The van der Waals surface area contributed by atoms with Crippen LogP contribution in [0.25, 0.3) is 10.2 Å². The molecular formula is C17H24N4O2S2. The number of hydrogen-bond donors (Lipinski definition) is 3. The van der Waals surface area contributed by atoms with Gasteiger partial charge in [0.1, 0.15) is 10.7 Å². The zero-order chi connectivity index (χ0) is 17.8. The van der Waals surface area contributed by atoms with E-state index in [1.807, 2.05) is 14.0 Å². The molecule has 1 unspecified atom stereocenters. The zero-order valence-corrected chi connectivity index (χ0v) is 16.2. The molecule has 3 rings (SSSR count). The summed E-state index contributed by atoms with van der Waals surface area (Å²) in [7, 11) is 1.87. The molecule has 1 aliphatic rings. The van der Waals surface area contributed by atoms with Crippen molar-refractivity contribution in [1.29, 1.82) is 0 Å². The van der Waals surface area contributed by atoms with Crippen LogP contribution in [-0.4, -0.2) is 41.3 Å². The molecule has 6 nitrogen and oxygen atoms in total. The first-order valence-electron chi connectivity index (χ1n) is 8.63. The monoisotopic (exact) mass is 380 g/mol. The predicted molar refractivity (Wildman–Crippen MR) is 105 cm³/mol. The lowest BCUT2D eigenvalue weighted by molar-refractivity contribution is -0.118. The first-order chi connectivity index (χ1) is 12.1. The van der Waals surface area contributed by atoms with E-state index in [1.54, 1.807) is 11.3 Å². The van der Waals surface area contributed by atoms with Crippen molar-refractivity contribution in [2.45, 2.75) is 44.4 Å². The van der Waals surface area contributed by atoms with Gasteiger partial charge in [0.2, 0.25) is 5.91 Å². The number of nitrogens with one attached hydrogen (secondary N) is 3. The van der Waals surface area contributed by atoms with Gasteiger partial charge in [-0.15, -0.1) is 23.1 Å². The van der Waals surface area contributed by atoms with E-state index in [1.165, 1.54) is 28.6 Å². The third-order valence-electron chi connectivity index (χ3n) is 4.44. The summed E-state index contributed by atoms with van der Waals surface area (Å²) in [6.07, 6.45) is 4.39. The Kier molecular flexibility index (Phi) is 6.14. The standard InChI is InChI=1S/C17H24N4O2S2/c1-10(18-2)7-19-14(22)9-24-8-13-20-16(23)15-11-5-3-4-6-12(11)25-17(15)21-13/h10,18H,3-9H2,1-2H3,(H,19,22)(H,20,21,23). The number of thioether (sulfide) groups is 1. The Labute approximate surface area is 155 Å². The number of aromatic nitrogens is 2. The molecule has 0 bridgehead atoms. The molecule has 0 radical (unpaired) electrons. The summed E-state index contributed by atoms with van der Waals surface area (Å²) in [6, 6.07) is 0.249. The molecule has 8 heteroatoms. The van der Waals surface area contributed by atoms with Gasteiger partial charge in [0, 0.05) is 17.5 Å². The highest BCUT2D eigenvalue weighted by atomic mass is 32.2. The third kappa shape index (κ3) is 4.43. The van der Waals surface area contributed by atoms with Gasteiger partial charge in [0.05, 0.1) is 16.9 Å². The van der Waals surface area contributed by atoms with E-state index >= 15 is 0 Å². The van der Waals surface area contributed by atoms with Gasteiger partial charge in [-0.3, -0.25) is 9.59 Å². The zero-order valence-electron chi connectivity index (χ0n) is 14.6. The van der Waals surface area contributed by atoms with Crippen LogP contribution in [0.5, 0.6) is 0 Å². The van der Waals surface area contributed by atoms with Crippen LogP contribution >= 0.6 is 23.1 Å². The highest BCUT2D eigenvalue weighted by Crippen LogP contribution is 2.33. The number of carbonyl (C=O) groups is 1. The molecule has 0 aromatic carbocycles. The second-order valence-electron chi connectivity index (χ2n) is 6.39. The van der Waals surface area contributed by atoms with Crippen molar-refractivity contribution in [2.75, 3.05) is 19.3 Å². The van der Waals surface area contributed by atoms with Crippen molar-refractivity contribution < 1.29 is 4.79 Å². The maximum Gasteiger partial charge on any atom is 0.259 e.